The van der Waals surface area contributed by atoms with Gasteiger partial charge in [-0.3, -0.25) is 0 Å². The molecule has 1 aromatic heterocycles. The molecule has 5 nitrogen and oxygen atoms in total. The van der Waals surface area contributed by atoms with Gasteiger partial charge in [-0.2, -0.15) is 0 Å². The van der Waals surface area contributed by atoms with E-state index in [-0.39, 0.29) is 12.7 Å². The van der Waals surface area contributed by atoms with Crippen molar-refractivity contribution in [3.8, 4) is 22.6 Å². The van der Waals surface area contributed by atoms with E-state index < -0.39 is 0 Å². The first-order valence-electron chi connectivity index (χ1n) is 6.35. The molecule has 0 bridgehead atoms. The van der Waals surface area contributed by atoms with Gasteiger partial charge < -0.3 is 19.7 Å². The highest BCUT2D eigenvalue weighted by atomic mass is 16.7. The molecule has 2 N–H and O–H groups in total. The Balaban J connectivity index is 2.09. The Kier molecular flexibility index (Phi) is 2.81. The maximum atomic E-state index is 5.93. The summed E-state index contributed by atoms with van der Waals surface area (Å²) < 4.78 is 16.1. The summed E-state index contributed by atoms with van der Waals surface area (Å²) in [4.78, 5) is 0. The third kappa shape index (κ3) is 1.91. The Hall–Kier alpha value is -2.17. The average Bonchev–Trinajstić information content (AvgIpc) is 3.03. The van der Waals surface area contributed by atoms with Crippen molar-refractivity contribution in [1.29, 1.82) is 0 Å². The van der Waals surface area contributed by atoms with Gasteiger partial charge in [-0.1, -0.05) is 25.1 Å². The van der Waals surface area contributed by atoms with E-state index in [2.05, 4.69) is 19.0 Å². The molecule has 19 heavy (non-hydrogen) atoms. The standard InChI is InChI=1S/C14H16N2O3/c1-3-8(2)13-12(14(15)16-19-13)9-4-5-10-11(6-9)18-7-17-10/h4-6,8H,3,7H2,1-2H3,(H2,15,16). The van der Waals surface area contributed by atoms with Crippen molar-refractivity contribution in [2.24, 2.45) is 0 Å². The van der Waals surface area contributed by atoms with Crippen molar-refractivity contribution in [1.82, 2.24) is 5.16 Å². The molecular weight excluding hydrogens is 244 g/mol. The van der Waals surface area contributed by atoms with E-state index in [1.165, 1.54) is 0 Å². The van der Waals surface area contributed by atoms with E-state index in [0.717, 1.165) is 34.8 Å². The van der Waals surface area contributed by atoms with Crippen LogP contribution in [0.4, 0.5) is 5.82 Å². The third-order valence-corrected chi connectivity index (χ3v) is 3.47. The second kappa shape index (κ2) is 4.50. The molecule has 2 aromatic rings. The minimum absolute atomic E-state index is 0.260. The summed E-state index contributed by atoms with van der Waals surface area (Å²) >= 11 is 0. The highest BCUT2D eigenvalue weighted by molar-refractivity contribution is 5.77. The molecule has 0 saturated carbocycles. The highest BCUT2D eigenvalue weighted by Crippen LogP contribution is 2.40. The second-order valence-corrected chi connectivity index (χ2v) is 4.68. The van der Waals surface area contributed by atoms with E-state index in [9.17, 15) is 0 Å². The number of hydrogen-bond acceptors (Lipinski definition) is 5. The Morgan fingerprint density at radius 3 is 2.89 bits per heavy atom. The lowest BCUT2D eigenvalue weighted by atomic mass is 9.97. The average molecular weight is 260 g/mol. The lowest BCUT2D eigenvalue weighted by Gasteiger charge is -2.08. The molecule has 0 amide bonds. The van der Waals surface area contributed by atoms with Crippen molar-refractivity contribution in [2.75, 3.05) is 12.5 Å². The molecule has 3 rings (SSSR count). The number of benzene rings is 1. The van der Waals surface area contributed by atoms with Crippen LogP contribution >= 0.6 is 0 Å². The lowest BCUT2D eigenvalue weighted by molar-refractivity contribution is 0.174. The van der Waals surface area contributed by atoms with Crippen LogP contribution in [-0.4, -0.2) is 11.9 Å². The SMILES string of the molecule is CCC(C)c1onc(N)c1-c1ccc2c(c1)OCO2. The van der Waals surface area contributed by atoms with Gasteiger partial charge in [0.2, 0.25) is 6.79 Å². The van der Waals surface area contributed by atoms with Crippen molar-refractivity contribution >= 4 is 5.82 Å². The summed E-state index contributed by atoms with van der Waals surface area (Å²) in [5, 5.41) is 3.89. The van der Waals surface area contributed by atoms with E-state index in [4.69, 9.17) is 19.7 Å². The second-order valence-electron chi connectivity index (χ2n) is 4.68. The molecule has 0 spiro atoms. The fourth-order valence-electron chi connectivity index (χ4n) is 2.18. The first-order chi connectivity index (χ1) is 9.20. The van der Waals surface area contributed by atoms with Gasteiger partial charge >= 0.3 is 0 Å². The Morgan fingerprint density at radius 1 is 1.32 bits per heavy atom. The van der Waals surface area contributed by atoms with Crippen molar-refractivity contribution in [3.05, 3.63) is 24.0 Å². The van der Waals surface area contributed by atoms with Gasteiger partial charge in [0, 0.05) is 5.92 Å². The molecule has 5 heteroatoms. The summed E-state index contributed by atoms with van der Waals surface area (Å²) in [5.41, 5.74) is 7.73. The van der Waals surface area contributed by atoms with E-state index in [1.54, 1.807) is 0 Å². The van der Waals surface area contributed by atoms with Crippen LogP contribution in [0.5, 0.6) is 11.5 Å². The number of hydrogen-bond donors (Lipinski definition) is 1. The monoisotopic (exact) mass is 260 g/mol. The molecule has 0 fully saturated rings. The van der Waals surface area contributed by atoms with Crippen molar-refractivity contribution in [3.63, 3.8) is 0 Å². The summed E-state index contributed by atoms with van der Waals surface area (Å²) in [6, 6.07) is 5.74. The number of aromatic nitrogens is 1. The van der Waals surface area contributed by atoms with E-state index >= 15 is 0 Å². The van der Waals surface area contributed by atoms with Gasteiger partial charge in [0.25, 0.3) is 0 Å². The predicted molar refractivity (Wildman–Crippen MR) is 71.2 cm³/mol. The first kappa shape index (κ1) is 11.9. The number of fused-ring (bicyclic) bond motifs is 1. The molecule has 100 valence electrons. The number of nitrogens with two attached hydrogens (primary N) is 1. The molecule has 1 unspecified atom stereocenters. The quantitative estimate of drug-likeness (QED) is 0.917. The first-order valence-corrected chi connectivity index (χ1v) is 6.35. The molecule has 1 aromatic carbocycles. The zero-order valence-electron chi connectivity index (χ0n) is 11.0. The van der Waals surface area contributed by atoms with Crippen LogP contribution in [0, 0.1) is 0 Å². The summed E-state index contributed by atoms with van der Waals surface area (Å²) in [7, 11) is 0. The van der Waals surface area contributed by atoms with Gasteiger partial charge in [-0.25, -0.2) is 0 Å². The summed E-state index contributed by atoms with van der Waals surface area (Å²) in [5.74, 6) is 2.98. The van der Waals surface area contributed by atoms with Crippen LogP contribution in [0.15, 0.2) is 22.7 Å². The van der Waals surface area contributed by atoms with Crippen molar-refractivity contribution < 1.29 is 14.0 Å². The van der Waals surface area contributed by atoms with Gasteiger partial charge in [0.15, 0.2) is 17.3 Å². The molecule has 0 radical (unpaired) electrons. The minimum atomic E-state index is 0.260. The van der Waals surface area contributed by atoms with Crippen LogP contribution in [0.3, 0.4) is 0 Å². The fraction of sp³-hybridized carbons (Fsp3) is 0.357. The van der Waals surface area contributed by atoms with Crippen LogP contribution in [0.25, 0.3) is 11.1 Å². The van der Waals surface area contributed by atoms with Crippen LogP contribution in [0.2, 0.25) is 0 Å². The molecule has 0 saturated heterocycles. The largest absolute Gasteiger partial charge is 0.454 e. The minimum Gasteiger partial charge on any atom is -0.454 e. The van der Waals surface area contributed by atoms with Crippen LogP contribution < -0.4 is 15.2 Å². The van der Waals surface area contributed by atoms with Gasteiger partial charge in [-0.05, 0) is 24.1 Å². The Labute approximate surface area is 111 Å². The number of anilines is 1. The predicted octanol–water partition coefficient (Wildman–Crippen LogP) is 3.17. The smallest absolute Gasteiger partial charge is 0.231 e. The topological polar surface area (TPSA) is 70.5 Å². The highest BCUT2D eigenvalue weighted by Gasteiger charge is 2.22. The molecule has 1 aliphatic rings. The zero-order chi connectivity index (χ0) is 13.4. The van der Waals surface area contributed by atoms with E-state index in [0.29, 0.717) is 5.82 Å². The number of rotatable bonds is 3. The fourth-order valence-corrected chi connectivity index (χ4v) is 2.18. The van der Waals surface area contributed by atoms with Crippen LogP contribution in [0.1, 0.15) is 31.9 Å². The summed E-state index contributed by atoms with van der Waals surface area (Å²) in [6.45, 7) is 4.46. The normalized spacial score (nSPS) is 14.6. The molecule has 1 aliphatic heterocycles. The third-order valence-electron chi connectivity index (χ3n) is 3.47. The van der Waals surface area contributed by atoms with Crippen molar-refractivity contribution in [2.45, 2.75) is 26.2 Å². The molecule has 1 atom stereocenters. The Bertz CT molecular complexity index is 607. The van der Waals surface area contributed by atoms with Gasteiger partial charge in [-0.15, -0.1) is 0 Å². The van der Waals surface area contributed by atoms with Crippen LogP contribution in [-0.2, 0) is 0 Å². The maximum absolute atomic E-state index is 5.93. The van der Waals surface area contributed by atoms with E-state index in [1.807, 2.05) is 18.2 Å². The Morgan fingerprint density at radius 2 is 2.11 bits per heavy atom. The lowest BCUT2D eigenvalue weighted by Crippen LogP contribution is -1.94. The number of ether oxygens (including phenoxy) is 2. The number of nitrogen functional groups attached to an aromatic ring is 1. The molecule has 0 aliphatic carbocycles. The van der Waals surface area contributed by atoms with Gasteiger partial charge in [0.1, 0.15) is 5.76 Å². The zero-order valence-corrected chi connectivity index (χ0v) is 11.0. The molecule has 2 heterocycles. The number of nitrogens with zero attached hydrogens (tertiary/aromatic N) is 1. The summed E-state index contributed by atoms with van der Waals surface area (Å²) in [6.07, 6.45) is 0.964. The van der Waals surface area contributed by atoms with Gasteiger partial charge in [0.05, 0.1) is 5.56 Å². The maximum Gasteiger partial charge on any atom is 0.231 e. The molecular formula is C14H16N2O3.